The molecule has 0 amide bonds. The van der Waals surface area contributed by atoms with Crippen molar-refractivity contribution in [3.63, 3.8) is 0 Å². The largest absolute Gasteiger partial charge is 0.513 e. The van der Waals surface area contributed by atoms with Gasteiger partial charge in [-0.2, -0.15) is 13.2 Å². The van der Waals surface area contributed by atoms with E-state index in [1.807, 2.05) is 26.8 Å². The third kappa shape index (κ3) is 8.21. The van der Waals surface area contributed by atoms with Gasteiger partial charge >= 0.3 is 12.1 Å². The van der Waals surface area contributed by atoms with E-state index in [4.69, 9.17) is 0 Å². The fourth-order valence-electron chi connectivity index (χ4n) is 2.73. The van der Waals surface area contributed by atoms with E-state index in [-0.39, 0.29) is 16.9 Å². The Hall–Kier alpha value is -3.92. The van der Waals surface area contributed by atoms with E-state index in [1.165, 1.54) is 31.2 Å². The van der Waals surface area contributed by atoms with E-state index in [9.17, 15) is 33.3 Å². The number of benzene rings is 2. The zero-order chi connectivity index (χ0) is 25.9. The summed E-state index contributed by atoms with van der Waals surface area (Å²) in [4.78, 5) is 11.5. The molecule has 0 saturated heterocycles. The van der Waals surface area contributed by atoms with Crippen molar-refractivity contribution in [2.75, 3.05) is 0 Å². The lowest BCUT2D eigenvalue weighted by molar-refractivity contribution is -0.137. The van der Waals surface area contributed by atoms with Crippen LogP contribution in [0.3, 0.4) is 0 Å². The van der Waals surface area contributed by atoms with Crippen molar-refractivity contribution in [2.45, 2.75) is 40.3 Å². The van der Waals surface area contributed by atoms with E-state index in [1.54, 1.807) is 12.2 Å². The van der Waals surface area contributed by atoms with Crippen molar-refractivity contribution in [3.8, 4) is 17.6 Å². The highest BCUT2D eigenvalue weighted by atomic mass is 19.4. The van der Waals surface area contributed by atoms with Crippen LogP contribution < -0.4 is 0 Å². The molecule has 0 heterocycles. The predicted octanol–water partition coefficient (Wildman–Crippen LogP) is 7.35. The van der Waals surface area contributed by atoms with E-state index < -0.39 is 23.5 Å². The minimum absolute atomic E-state index is 0.0216. The number of allylic oxidation sites excluding steroid dienone is 6. The van der Waals surface area contributed by atoms with Gasteiger partial charge in [0.05, 0.1) is 16.9 Å². The lowest BCUT2D eigenvalue weighted by Gasteiger charge is -2.10. The summed E-state index contributed by atoms with van der Waals surface area (Å²) in [6, 6.07) is 6.89. The maximum absolute atomic E-state index is 13.3. The Morgan fingerprint density at radius 2 is 1.62 bits per heavy atom. The number of phenolic OH excluding ortho intramolecular Hbond substituents is 1. The average molecular weight is 473 g/mol. The summed E-state index contributed by atoms with van der Waals surface area (Å²) in [5.41, 5.74) is -0.223. The van der Waals surface area contributed by atoms with Crippen LogP contribution in [0.5, 0.6) is 5.75 Å². The number of aromatic carboxylic acids is 1. The smallest absolute Gasteiger partial charge is 0.417 e. The first kappa shape index (κ1) is 28.1. The van der Waals surface area contributed by atoms with Crippen LogP contribution in [0.25, 0.3) is 5.57 Å². The molecular formula is C27H27F3O4. The summed E-state index contributed by atoms with van der Waals surface area (Å²) in [7, 11) is 0. The summed E-state index contributed by atoms with van der Waals surface area (Å²) in [5.74, 6) is 3.49. The van der Waals surface area contributed by atoms with Crippen LogP contribution in [-0.4, -0.2) is 21.3 Å². The quantitative estimate of drug-likeness (QED) is 0.242. The molecule has 0 aliphatic heterocycles. The topological polar surface area (TPSA) is 77.8 Å². The summed E-state index contributed by atoms with van der Waals surface area (Å²) >= 11 is 0. The van der Waals surface area contributed by atoms with Crippen molar-refractivity contribution < 1.29 is 33.3 Å². The molecule has 0 spiro atoms. The number of aliphatic hydroxyl groups is 1. The number of alkyl halides is 3. The van der Waals surface area contributed by atoms with E-state index in [2.05, 4.69) is 11.8 Å². The first-order valence-electron chi connectivity index (χ1n) is 10.6. The van der Waals surface area contributed by atoms with Gasteiger partial charge in [-0.15, -0.1) is 0 Å². The van der Waals surface area contributed by atoms with Crippen LogP contribution in [0.1, 0.15) is 66.7 Å². The molecule has 2 aromatic carbocycles. The Kier molecular flexibility index (Phi) is 10.7. The number of halogens is 3. The van der Waals surface area contributed by atoms with Crippen molar-refractivity contribution in [1.82, 2.24) is 0 Å². The molecule has 0 aliphatic carbocycles. The lowest BCUT2D eigenvalue weighted by atomic mass is 9.95. The molecule has 0 aromatic heterocycles. The number of hydrogen-bond donors (Lipinski definition) is 3. The second-order valence-electron chi connectivity index (χ2n) is 6.78. The normalized spacial score (nSPS) is 12.0. The maximum atomic E-state index is 13.3. The minimum Gasteiger partial charge on any atom is -0.513 e. The fourth-order valence-corrected chi connectivity index (χ4v) is 2.73. The number of carbonyl (C=O) groups is 1. The van der Waals surface area contributed by atoms with E-state index in [0.717, 1.165) is 12.1 Å². The van der Waals surface area contributed by atoms with Gasteiger partial charge in [-0.3, -0.25) is 0 Å². The average Bonchev–Trinajstić information content (AvgIpc) is 2.79. The number of hydrogen-bond acceptors (Lipinski definition) is 3. The molecule has 0 radical (unpaired) electrons. The number of aromatic hydroxyl groups is 1. The first-order valence-corrected chi connectivity index (χ1v) is 10.6. The number of rotatable bonds is 5. The van der Waals surface area contributed by atoms with Gasteiger partial charge in [-0.25, -0.2) is 4.79 Å². The number of carboxylic acid groups (broad SMARTS) is 1. The molecule has 0 aliphatic rings. The monoisotopic (exact) mass is 472 g/mol. The van der Waals surface area contributed by atoms with Gasteiger partial charge < -0.3 is 15.3 Å². The highest BCUT2D eigenvalue weighted by Gasteiger charge is 2.33. The van der Waals surface area contributed by atoms with Gasteiger partial charge in [0, 0.05) is 11.1 Å². The molecule has 2 rings (SSSR count). The van der Waals surface area contributed by atoms with Gasteiger partial charge in [-0.1, -0.05) is 50.8 Å². The summed E-state index contributed by atoms with van der Waals surface area (Å²) < 4.78 is 40.0. The second kappa shape index (κ2) is 12.9. The van der Waals surface area contributed by atoms with Crippen LogP contribution in [0.2, 0.25) is 0 Å². The number of aliphatic hydroxyl groups excluding tert-OH is 1. The highest BCUT2D eigenvalue weighted by Crippen LogP contribution is 2.34. The molecule has 2 aromatic rings. The molecule has 0 unspecified atom stereocenters. The molecule has 3 N–H and O–H groups in total. The molecule has 0 bridgehead atoms. The van der Waals surface area contributed by atoms with Gasteiger partial charge in [0.1, 0.15) is 5.75 Å². The zero-order valence-corrected chi connectivity index (χ0v) is 19.4. The Morgan fingerprint density at radius 1 is 1.00 bits per heavy atom. The summed E-state index contributed by atoms with van der Waals surface area (Å²) in [6.07, 6.45) is 2.49. The predicted molar refractivity (Wildman–Crippen MR) is 128 cm³/mol. The Balaban J connectivity index is 0.00000281. The Morgan fingerprint density at radius 3 is 2.18 bits per heavy atom. The van der Waals surface area contributed by atoms with Crippen LogP contribution in [0.15, 0.2) is 66.5 Å². The molecule has 180 valence electrons. The van der Waals surface area contributed by atoms with Crippen LogP contribution in [0, 0.1) is 11.8 Å². The lowest BCUT2D eigenvalue weighted by Crippen LogP contribution is -2.07. The molecule has 4 nitrogen and oxygen atoms in total. The first-order chi connectivity index (χ1) is 16.0. The van der Waals surface area contributed by atoms with Crippen LogP contribution >= 0.6 is 0 Å². The molecule has 7 heteroatoms. The Bertz CT molecular complexity index is 1160. The van der Waals surface area contributed by atoms with Gasteiger partial charge in [0.2, 0.25) is 0 Å². The Labute approximate surface area is 197 Å². The van der Waals surface area contributed by atoms with Gasteiger partial charge in [-0.05, 0) is 67.0 Å². The summed E-state index contributed by atoms with van der Waals surface area (Å²) in [6.45, 7) is 7.37. The van der Waals surface area contributed by atoms with E-state index in [0.29, 0.717) is 29.2 Å². The second-order valence-corrected chi connectivity index (χ2v) is 6.78. The SMILES string of the molecule is CC.CC\C=C/C(=C\C=C(/C)O)c1cc(C(=O)O)ccc1C#Cc1ccc(O)cc1C(F)(F)F. The highest BCUT2D eigenvalue weighted by molar-refractivity contribution is 5.91. The molecule has 0 saturated carbocycles. The van der Waals surface area contributed by atoms with Crippen molar-refractivity contribution in [3.05, 3.63) is 94.3 Å². The third-order valence-corrected chi connectivity index (χ3v) is 4.26. The third-order valence-electron chi connectivity index (χ3n) is 4.26. The van der Waals surface area contributed by atoms with Gasteiger partial charge in [0.15, 0.2) is 0 Å². The summed E-state index contributed by atoms with van der Waals surface area (Å²) in [5, 5.41) is 28.3. The van der Waals surface area contributed by atoms with Crippen LogP contribution in [-0.2, 0) is 6.18 Å². The van der Waals surface area contributed by atoms with Gasteiger partial charge in [0.25, 0.3) is 0 Å². The van der Waals surface area contributed by atoms with Crippen LogP contribution in [0.4, 0.5) is 13.2 Å². The zero-order valence-electron chi connectivity index (χ0n) is 19.4. The molecule has 0 atom stereocenters. The minimum atomic E-state index is -4.71. The molecule has 34 heavy (non-hydrogen) atoms. The molecular weight excluding hydrogens is 445 g/mol. The molecule has 0 fully saturated rings. The fraction of sp³-hybridized carbons (Fsp3) is 0.222. The standard InChI is InChI=1S/C25H21F3O4.C2H6/c1-3-4-5-17(7-6-16(2)29)22-14-20(24(31)32)11-9-18(22)8-10-19-12-13-21(30)15-23(19)25(26,27)28;1-2/h4-7,9,11-15,29-30H,3H2,1-2H3,(H,31,32);1-2H3/b5-4-,16-6+,17-7+;. The maximum Gasteiger partial charge on any atom is 0.417 e. The van der Waals surface area contributed by atoms with Crippen molar-refractivity contribution in [2.24, 2.45) is 0 Å². The number of carboxylic acids is 1. The van der Waals surface area contributed by atoms with Crippen molar-refractivity contribution >= 4 is 11.5 Å². The number of phenols is 1. The van der Waals surface area contributed by atoms with Crippen molar-refractivity contribution in [1.29, 1.82) is 0 Å². The van der Waals surface area contributed by atoms with E-state index >= 15 is 0 Å².